The minimum atomic E-state index is 0.0250. The highest BCUT2D eigenvalue weighted by molar-refractivity contribution is 6.06. The number of carbonyl (C=O) groups excluding carboxylic acids is 1. The number of nitrogens with one attached hydrogen (secondary N) is 1. The number of nitrogens with zero attached hydrogens (tertiary/aromatic N) is 1. The number of methoxy groups -OCH3 is 2. The Balaban J connectivity index is 1.48. The Kier molecular flexibility index (Phi) is 6.01. The van der Waals surface area contributed by atoms with Crippen molar-refractivity contribution >= 4 is 17.3 Å². The second-order valence-corrected chi connectivity index (χ2v) is 8.78. The summed E-state index contributed by atoms with van der Waals surface area (Å²) < 4.78 is 11.0. The van der Waals surface area contributed by atoms with E-state index in [1.165, 1.54) is 11.1 Å². The summed E-state index contributed by atoms with van der Waals surface area (Å²) in [4.78, 5) is 15.3. The largest absolute Gasteiger partial charge is 0.493 e. The van der Waals surface area contributed by atoms with Crippen LogP contribution in [0.25, 0.3) is 0 Å². The van der Waals surface area contributed by atoms with E-state index in [4.69, 9.17) is 9.47 Å². The summed E-state index contributed by atoms with van der Waals surface area (Å²) in [6.07, 6.45) is 5.54. The maximum absolute atomic E-state index is 13.4. The van der Waals surface area contributed by atoms with Gasteiger partial charge in [0.1, 0.15) is 0 Å². The van der Waals surface area contributed by atoms with E-state index in [9.17, 15) is 4.79 Å². The summed E-state index contributed by atoms with van der Waals surface area (Å²) >= 11 is 0. The minimum absolute atomic E-state index is 0.0250. The second-order valence-electron chi connectivity index (χ2n) is 8.78. The molecule has 0 aromatic heterocycles. The first-order chi connectivity index (χ1) is 16.6. The molecule has 3 atom stereocenters. The van der Waals surface area contributed by atoms with Gasteiger partial charge in [0.2, 0.25) is 0 Å². The Bertz CT molecular complexity index is 1220. The highest BCUT2D eigenvalue weighted by Crippen LogP contribution is 2.50. The number of fused-ring (bicyclic) bond motifs is 3. The number of rotatable bonds is 6. The van der Waals surface area contributed by atoms with Crippen LogP contribution in [0.1, 0.15) is 46.8 Å². The zero-order valence-corrected chi connectivity index (χ0v) is 19.8. The van der Waals surface area contributed by atoms with Crippen LogP contribution in [0.5, 0.6) is 11.5 Å². The van der Waals surface area contributed by atoms with Gasteiger partial charge in [0.25, 0.3) is 5.91 Å². The fourth-order valence-corrected chi connectivity index (χ4v) is 5.31. The lowest BCUT2D eigenvalue weighted by Crippen LogP contribution is -2.32. The molecule has 1 amide bonds. The number of allylic oxidation sites excluding steroid dienone is 2. The van der Waals surface area contributed by atoms with Crippen LogP contribution in [0.2, 0.25) is 0 Å². The van der Waals surface area contributed by atoms with E-state index in [0.29, 0.717) is 12.5 Å². The van der Waals surface area contributed by atoms with Crippen molar-refractivity contribution in [3.8, 4) is 11.5 Å². The van der Waals surface area contributed by atoms with Gasteiger partial charge < -0.3 is 19.7 Å². The fraction of sp³-hybridized carbons (Fsp3) is 0.276. The molecule has 174 valence electrons. The molecule has 0 spiro atoms. The van der Waals surface area contributed by atoms with Gasteiger partial charge >= 0.3 is 0 Å². The molecule has 3 aromatic carbocycles. The Morgan fingerprint density at radius 3 is 2.53 bits per heavy atom. The zero-order chi connectivity index (χ0) is 23.7. The molecule has 0 bridgehead atoms. The van der Waals surface area contributed by atoms with E-state index in [1.54, 1.807) is 14.2 Å². The standard InChI is InChI=1S/C29H30N2O3/c1-4-31(21-9-6-5-7-10-21)29(32)20-13-15-25-24(17-20)22-11-8-12-23(22)28(30-25)19-14-16-26(33-2)27(18-19)34-3/h5-11,13-18,22-23,28,30H,4,12H2,1-3H3. The molecule has 1 aliphatic carbocycles. The van der Waals surface area contributed by atoms with Gasteiger partial charge in [0.05, 0.1) is 20.3 Å². The van der Waals surface area contributed by atoms with Crippen LogP contribution in [0.3, 0.4) is 0 Å². The molecule has 0 saturated carbocycles. The summed E-state index contributed by atoms with van der Waals surface area (Å²) in [5.41, 5.74) is 5.06. The molecule has 34 heavy (non-hydrogen) atoms. The van der Waals surface area contributed by atoms with Gasteiger partial charge in [-0.1, -0.05) is 36.4 Å². The molecule has 3 unspecified atom stereocenters. The third-order valence-corrected chi connectivity index (χ3v) is 7.01. The van der Waals surface area contributed by atoms with Gasteiger partial charge in [-0.05, 0) is 72.9 Å². The first-order valence-corrected chi connectivity index (χ1v) is 11.8. The zero-order valence-electron chi connectivity index (χ0n) is 19.8. The Labute approximate surface area is 201 Å². The van der Waals surface area contributed by atoms with Crippen molar-refractivity contribution in [1.82, 2.24) is 0 Å². The second kappa shape index (κ2) is 9.26. The van der Waals surface area contributed by atoms with Gasteiger partial charge in [0, 0.05) is 29.4 Å². The smallest absolute Gasteiger partial charge is 0.258 e. The van der Waals surface area contributed by atoms with E-state index in [-0.39, 0.29) is 17.9 Å². The molecular weight excluding hydrogens is 424 g/mol. The summed E-state index contributed by atoms with van der Waals surface area (Å²) in [7, 11) is 3.32. The maximum atomic E-state index is 13.4. The summed E-state index contributed by atoms with van der Waals surface area (Å²) in [6.45, 7) is 2.62. The molecule has 3 aromatic rings. The van der Waals surface area contributed by atoms with Crippen LogP contribution < -0.4 is 19.7 Å². The molecule has 0 radical (unpaired) electrons. The van der Waals surface area contributed by atoms with Crippen LogP contribution in [0, 0.1) is 5.92 Å². The topological polar surface area (TPSA) is 50.8 Å². The van der Waals surface area contributed by atoms with Crippen LogP contribution in [0.15, 0.2) is 78.9 Å². The molecule has 5 nitrogen and oxygen atoms in total. The van der Waals surface area contributed by atoms with Crippen molar-refractivity contribution < 1.29 is 14.3 Å². The molecule has 1 aliphatic heterocycles. The van der Waals surface area contributed by atoms with Crippen molar-refractivity contribution in [3.05, 3.63) is 95.6 Å². The van der Waals surface area contributed by atoms with Crippen LogP contribution in [-0.2, 0) is 0 Å². The predicted octanol–water partition coefficient (Wildman–Crippen LogP) is 6.20. The van der Waals surface area contributed by atoms with E-state index in [0.717, 1.165) is 34.9 Å². The normalized spacial score (nSPS) is 20.1. The van der Waals surface area contributed by atoms with Gasteiger partial charge in [-0.2, -0.15) is 0 Å². The Morgan fingerprint density at radius 2 is 1.79 bits per heavy atom. The average molecular weight is 455 g/mol. The lowest BCUT2D eigenvalue weighted by Gasteiger charge is -2.38. The number of amides is 1. The fourth-order valence-electron chi connectivity index (χ4n) is 5.31. The average Bonchev–Trinajstić information content (AvgIpc) is 3.39. The third-order valence-electron chi connectivity index (χ3n) is 7.01. The summed E-state index contributed by atoms with van der Waals surface area (Å²) in [5.74, 6) is 2.11. The lowest BCUT2D eigenvalue weighted by molar-refractivity contribution is 0.0988. The molecule has 0 fully saturated rings. The molecular formula is C29H30N2O3. The molecule has 1 heterocycles. The van der Waals surface area contributed by atoms with Crippen molar-refractivity contribution in [2.45, 2.75) is 25.3 Å². The van der Waals surface area contributed by atoms with Crippen molar-refractivity contribution in [2.75, 3.05) is 31.0 Å². The first-order valence-electron chi connectivity index (χ1n) is 11.8. The van der Waals surface area contributed by atoms with E-state index in [1.807, 2.05) is 54.3 Å². The number of benzene rings is 3. The molecule has 1 N–H and O–H groups in total. The van der Waals surface area contributed by atoms with Crippen LogP contribution >= 0.6 is 0 Å². The predicted molar refractivity (Wildman–Crippen MR) is 136 cm³/mol. The third kappa shape index (κ3) is 3.81. The molecule has 0 saturated heterocycles. The number of hydrogen-bond acceptors (Lipinski definition) is 4. The molecule has 5 heteroatoms. The van der Waals surface area contributed by atoms with Crippen LogP contribution in [-0.4, -0.2) is 26.7 Å². The van der Waals surface area contributed by atoms with Gasteiger partial charge in [0.15, 0.2) is 11.5 Å². The van der Waals surface area contributed by atoms with Crippen molar-refractivity contribution in [1.29, 1.82) is 0 Å². The molecule has 5 rings (SSSR count). The van der Waals surface area contributed by atoms with Gasteiger partial charge in [-0.25, -0.2) is 0 Å². The molecule has 2 aliphatic rings. The summed E-state index contributed by atoms with van der Waals surface area (Å²) in [6, 6.07) is 22.2. The summed E-state index contributed by atoms with van der Waals surface area (Å²) in [5, 5.41) is 3.75. The number of hydrogen-bond donors (Lipinski definition) is 1. The quantitative estimate of drug-likeness (QED) is 0.451. The number of para-hydroxylation sites is 1. The Morgan fingerprint density at radius 1 is 1.00 bits per heavy atom. The number of carbonyl (C=O) groups is 1. The van der Waals surface area contributed by atoms with E-state index >= 15 is 0 Å². The lowest BCUT2D eigenvalue weighted by atomic mass is 9.76. The highest BCUT2D eigenvalue weighted by atomic mass is 16.5. The van der Waals surface area contributed by atoms with Crippen molar-refractivity contribution in [2.24, 2.45) is 5.92 Å². The van der Waals surface area contributed by atoms with E-state index in [2.05, 4.69) is 41.7 Å². The first kappa shape index (κ1) is 22.1. The van der Waals surface area contributed by atoms with Gasteiger partial charge in [-0.3, -0.25) is 4.79 Å². The van der Waals surface area contributed by atoms with Crippen LogP contribution in [0.4, 0.5) is 11.4 Å². The van der Waals surface area contributed by atoms with Crippen molar-refractivity contribution in [3.63, 3.8) is 0 Å². The maximum Gasteiger partial charge on any atom is 0.258 e. The van der Waals surface area contributed by atoms with E-state index < -0.39 is 0 Å². The monoisotopic (exact) mass is 454 g/mol. The number of ether oxygens (including phenoxy) is 2. The Hall–Kier alpha value is -3.73. The van der Waals surface area contributed by atoms with Gasteiger partial charge in [-0.15, -0.1) is 0 Å². The number of anilines is 2. The minimum Gasteiger partial charge on any atom is -0.493 e. The SMILES string of the molecule is CCN(C(=O)c1ccc2c(c1)C1C=CCC1C(c1ccc(OC)c(OC)c1)N2)c1ccccc1. The highest BCUT2D eigenvalue weighted by Gasteiger charge is 2.38.